The average Bonchev–Trinajstić information content (AvgIpc) is 1.97. The fraction of sp³-hybridized carbons (Fsp3) is 1.00. The normalized spacial score (nSPS) is 14.2. The second kappa shape index (κ2) is 6.35. The molecule has 0 fully saturated rings. The van der Waals surface area contributed by atoms with E-state index in [9.17, 15) is 8.78 Å². The van der Waals surface area contributed by atoms with E-state index in [4.69, 9.17) is 0 Å². The predicted octanol–water partition coefficient (Wildman–Crippen LogP) is 3.44. The smallest absolute Gasteiger partial charge is 0.320 e. The van der Waals surface area contributed by atoms with E-state index < -0.39 is 6.61 Å². The molecule has 0 heterocycles. The maximum Gasteiger partial charge on any atom is 0.345 e. The molecule has 12 heavy (non-hydrogen) atoms. The molecule has 1 atom stereocenters. The summed E-state index contributed by atoms with van der Waals surface area (Å²) in [5.41, 5.74) is 0. The molecule has 3 heteroatoms. The first-order valence-electron chi connectivity index (χ1n) is 4.49. The van der Waals surface area contributed by atoms with E-state index >= 15 is 0 Å². The Morgan fingerprint density at radius 1 is 1.17 bits per heavy atom. The zero-order valence-electron chi connectivity index (χ0n) is 8.02. The molecule has 0 spiro atoms. The quantitative estimate of drug-likeness (QED) is 0.608. The molecule has 0 aliphatic carbocycles. The zero-order chi connectivity index (χ0) is 9.56. The van der Waals surface area contributed by atoms with Gasteiger partial charge < -0.3 is 4.74 Å². The summed E-state index contributed by atoms with van der Waals surface area (Å²) in [6, 6.07) is 0. The molecule has 74 valence electrons. The minimum atomic E-state index is -2.62. The lowest BCUT2D eigenvalue weighted by atomic mass is 10.0. The third-order valence-corrected chi connectivity index (χ3v) is 1.82. The maximum absolute atomic E-state index is 11.8. The van der Waals surface area contributed by atoms with E-state index in [-0.39, 0.29) is 6.10 Å². The number of hydrogen-bond acceptors (Lipinski definition) is 1. The van der Waals surface area contributed by atoms with Crippen LogP contribution in [0.1, 0.15) is 40.0 Å². The molecule has 0 rings (SSSR count). The van der Waals surface area contributed by atoms with Crippen LogP contribution in [0.5, 0.6) is 0 Å². The van der Waals surface area contributed by atoms with Crippen molar-refractivity contribution in [1.82, 2.24) is 0 Å². The van der Waals surface area contributed by atoms with Crippen molar-refractivity contribution in [3.05, 3.63) is 0 Å². The Morgan fingerprint density at radius 2 is 1.75 bits per heavy atom. The Kier molecular flexibility index (Phi) is 6.25. The van der Waals surface area contributed by atoms with Gasteiger partial charge in [0.1, 0.15) is 0 Å². The van der Waals surface area contributed by atoms with Crippen molar-refractivity contribution in [3.8, 4) is 0 Å². The van der Waals surface area contributed by atoms with E-state index in [1.54, 1.807) is 0 Å². The van der Waals surface area contributed by atoms with E-state index in [0.29, 0.717) is 12.3 Å². The van der Waals surface area contributed by atoms with Crippen LogP contribution in [0, 0.1) is 5.92 Å². The Balaban J connectivity index is 3.53. The first kappa shape index (κ1) is 11.8. The van der Waals surface area contributed by atoms with Gasteiger partial charge in [0.05, 0.1) is 6.10 Å². The van der Waals surface area contributed by atoms with Gasteiger partial charge in [-0.15, -0.1) is 0 Å². The Bertz CT molecular complexity index is 105. The SMILES string of the molecule is CCC(CCC(C)C)OC(F)F. The van der Waals surface area contributed by atoms with Crippen LogP contribution in [-0.2, 0) is 4.74 Å². The van der Waals surface area contributed by atoms with Crippen LogP contribution in [-0.4, -0.2) is 12.7 Å². The summed E-state index contributed by atoms with van der Waals surface area (Å²) in [5, 5.41) is 0. The molecule has 0 aromatic carbocycles. The van der Waals surface area contributed by atoms with Crippen LogP contribution in [0.25, 0.3) is 0 Å². The summed E-state index contributed by atoms with van der Waals surface area (Å²) in [5.74, 6) is 0.556. The molecule has 0 amide bonds. The van der Waals surface area contributed by atoms with Gasteiger partial charge in [0.15, 0.2) is 0 Å². The minimum Gasteiger partial charge on any atom is -0.320 e. The van der Waals surface area contributed by atoms with Crippen molar-refractivity contribution >= 4 is 0 Å². The van der Waals surface area contributed by atoms with Crippen molar-refractivity contribution in [3.63, 3.8) is 0 Å². The van der Waals surface area contributed by atoms with Gasteiger partial charge in [-0.05, 0) is 25.2 Å². The molecular formula is C9H18F2O. The maximum atomic E-state index is 11.8. The van der Waals surface area contributed by atoms with Crippen molar-refractivity contribution in [2.24, 2.45) is 5.92 Å². The molecule has 0 saturated heterocycles. The van der Waals surface area contributed by atoms with Crippen LogP contribution in [0.4, 0.5) is 8.78 Å². The first-order valence-corrected chi connectivity index (χ1v) is 4.49. The molecule has 1 nitrogen and oxygen atoms in total. The second-order valence-corrected chi connectivity index (χ2v) is 3.40. The highest BCUT2D eigenvalue weighted by atomic mass is 19.3. The van der Waals surface area contributed by atoms with Crippen molar-refractivity contribution in [2.75, 3.05) is 0 Å². The summed E-state index contributed by atoms with van der Waals surface area (Å²) >= 11 is 0. The summed E-state index contributed by atoms with van der Waals surface area (Å²) in [6.45, 7) is 3.40. The van der Waals surface area contributed by atoms with Crippen LogP contribution < -0.4 is 0 Å². The highest BCUT2D eigenvalue weighted by Crippen LogP contribution is 2.14. The van der Waals surface area contributed by atoms with Gasteiger partial charge in [-0.3, -0.25) is 0 Å². The summed E-state index contributed by atoms with van der Waals surface area (Å²) in [7, 11) is 0. The number of hydrogen-bond donors (Lipinski definition) is 0. The number of alkyl halides is 2. The monoisotopic (exact) mass is 180 g/mol. The van der Waals surface area contributed by atoms with Gasteiger partial charge in [0, 0.05) is 0 Å². The molecule has 0 aliphatic rings. The zero-order valence-corrected chi connectivity index (χ0v) is 8.02. The van der Waals surface area contributed by atoms with Crippen molar-refractivity contribution in [1.29, 1.82) is 0 Å². The van der Waals surface area contributed by atoms with Gasteiger partial charge >= 0.3 is 6.61 Å². The fourth-order valence-corrected chi connectivity index (χ4v) is 1.03. The van der Waals surface area contributed by atoms with E-state index in [1.807, 2.05) is 6.92 Å². The third kappa shape index (κ3) is 6.53. The molecule has 0 radical (unpaired) electrons. The highest BCUT2D eigenvalue weighted by molar-refractivity contribution is 4.57. The molecule has 0 aromatic rings. The van der Waals surface area contributed by atoms with Crippen LogP contribution in [0.3, 0.4) is 0 Å². The first-order chi connectivity index (χ1) is 5.56. The third-order valence-electron chi connectivity index (χ3n) is 1.82. The van der Waals surface area contributed by atoms with Crippen molar-refractivity contribution in [2.45, 2.75) is 52.7 Å². The van der Waals surface area contributed by atoms with Gasteiger partial charge in [-0.1, -0.05) is 20.8 Å². The number of rotatable bonds is 6. The average molecular weight is 180 g/mol. The van der Waals surface area contributed by atoms with Gasteiger partial charge in [0.25, 0.3) is 0 Å². The van der Waals surface area contributed by atoms with E-state index in [0.717, 1.165) is 12.8 Å². The molecule has 0 bridgehead atoms. The summed E-state index contributed by atoms with van der Waals surface area (Å²) < 4.78 is 28.0. The highest BCUT2D eigenvalue weighted by Gasteiger charge is 2.12. The lowest BCUT2D eigenvalue weighted by molar-refractivity contribution is -0.165. The van der Waals surface area contributed by atoms with E-state index in [1.165, 1.54) is 0 Å². The fourth-order valence-electron chi connectivity index (χ4n) is 1.03. The second-order valence-electron chi connectivity index (χ2n) is 3.40. The topological polar surface area (TPSA) is 9.23 Å². The van der Waals surface area contributed by atoms with Crippen molar-refractivity contribution < 1.29 is 13.5 Å². The van der Waals surface area contributed by atoms with Crippen LogP contribution >= 0.6 is 0 Å². The predicted molar refractivity (Wildman–Crippen MR) is 45.2 cm³/mol. The Labute approximate surface area is 73.1 Å². The standard InChI is InChI=1S/C9H18F2O/c1-4-8(12-9(10)11)6-5-7(2)3/h7-9H,4-6H2,1-3H3. The largest absolute Gasteiger partial charge is 0.345 e. The molecule has 0 aliphatic heterocycles. The molecule has 0 N–H and O–H groups in total. The van der Waals surface area contributed by atoms with Crippen LogP contribution in [0.2, 0.25) is 0 Å². The van der Waals surface area contributed by atoms with Crippen LogP contribution in [0.15, 0.2) is 0 Å². The number of ether oxygens (including phenoxy) is 1. The summed E-state index contributed by atoms with van der Waals surface area (Å²) in [4.78, 5) is 0. The molecular weight excluding hydrogens is 162 g/mol. The van der Waals surface area contributed by atoms with Gasteiger partial charge in [-0.2, -0.15) is 8.78 Å². The minimum absolute atomic E-state index is 0.271. The summed E-state index contributed by atoms with van der Waals surface area (Å²) in [6.07, 6.45) is 2.08. The Hall–Kier alpha value is -0.180. The Morgan fingerprint density at radius 3 is 2.08 bits per heavy atom. The van der Waals surface area contributed by atoms with Gasteiger partial charge in [0.2, 0.25) is 0 Å². The lowest BCUT2D eigenvalue weighted by Gasteiger charge is -2.16. The van der Waals surface area contributed by atoms with Gasteiger partial charge in [-0.25, -0.2) is 0 Å². The molecule has 0 aromatic heterocycles. The van der Waals surface area contributed by atoms with E-state index in [2.05, 4.69) is 18.6 Å². The molecule has 0 saturated carbocycles. The lowest BCUT2D eigenvalue weighted by Crippen LogP contribution is -2.16. The number of halogens is 2. The molecule has 1 unspecified atom stereocenters.